The smallest absolute Gasteiger partial charge is 0.278 e. The molecule has 0 saturated heterocycles. The molecular weight excluding hydrogens is 443 g/mol. The lowest BCUT2D eigenvalue weighted by Gasteiger charge is -2.16. The monoisotopic (exact) mass is 464 g/mol. The van der Waals surface area contributed by atoms with Gasteiger partial charge in [-0.3, -0.25) is 14.5 Å². The Balaban J connectivity index is 1.77. The quantitative estimate of drug-likeness (QED) is 0.449. The van der Waals surface area contributed by atoms with Crippen LogP contribution in [0.3, 0.4) is 0 Å². The average Bonchev–Trinajstić information content (AvgIpc) is 2.97. The van der Waals surface area contributed by atoms with E-state index in [0.29, 0.717) is 21.3 Å². The average molecular weight is 465 g/mol. The maximum atomic E-state index is 13.5. The number of hydrogen-bond acceptors (Lipinski definition) is 3. The van der Waals surface area contributed by atoms with Gasteiger partial charge in [0.2, 0.25) is 0 Å². The van der Waals surface area contributed by atoms with Gasteiger partial charge in [-0.25, -0.2) is 0 Å². The molecule has 0 unspecified atom stereocenters. The predicted molar refractivity (Wildman–Crippen MR) is 130 cm³/mol. The molecule has 6 heteroatoms. The Kier molecular flexibility index (Phi) is 6.09. The molecule has 0 aromatic heterocycles. The van der Waals surface area contributed by atoms with Gasteiger partial charge in [0.15, 0.2) is 0 Å². The van der Waals surface area contributed by atoms with Crippen molar-refractivity contribution in [1.82, 2.24) is 4.90 Å². The van der Waals surface area contributed by atoms with Gasteiger partial charge in [-0.2, -0.15) is 0 Å². The first-order chi connectivity index (χ1) is 15.2. The van der Waals surface area contributed by atoms with Crippen molar-refractivity contribution < 1.29 is 9.59 Å². The first kappa shape index (κ1) is 22.1. The van der Waals surface area contributed by atoms with Crippen molar-refractivity contribution in [2.24, 2.45) is 0 Å². The summed E-state index contributed by atoms with van der Waals surface area (Å²) in [5.74, 6) is -0.714. The van der Waals surface area contributed by atoms with Crippen LogP contribution in [0.1, 0.15) is 27.8 Å². The lowest BCUT2D eigenvalue weighted by molar-refractivity contribution is -0.137. The van der Waals surface area contributed by atoms with Gasteiger partial charge in [0.25, 0.3) is 11.8 Å². The number of imide groups is 1. The highest BCUT2D eigenvalue weighted by atomic mass is 35.5. The number of anilines is 1. The van der Waals surface area contributed by atoms with Gasteiger partial charge in [-0.05, 0) is 67.3 Å². The molecule has 1 heterocycles. The van der Waals surface area contributed by atoms with E-state index in [1.165, 1.54) is 4.90 Å². The molecule has 1 aliphatic heterocycles. The fourth-order valence-corrected chi connectivity index (χ4v) is 4.07. The zero-order valence-corrected chi connectivity index (χ0v) is 19.5. The van der Waals surface area contributed by atoms with Crippen LogP contribution in [0.15, 0.2) is 66.4 Å². The third kappa shape index (κ3) is 4.29. The van der Waals surface area contributed by atoms with Gasteiger partial charge >= 0.3 is 0 Å². The Labute approximate surface area is 197 Å². The summed E-state index contributed by atoms with van der Waals surface area (Å²) in [6, 6.07) is 18.4. The number of aryl methyl sites for hydroxylation is 3. The standard InChI is InChI=1S/C26H22Cl2N2O2/c1-15-4-11-21(17(3)12-15)23-24(29-20-10-5-16(2)22(28)13-20)26(32)30(25(23)31)14-18-6-8-19(27)9-7-18/h4-13,29H,14H2,1-3H3. The van der Waals surface area contributed by atoms with Crippen LogP contribution in [-0.2, 0) is 16.1 Å². The third-order valence-electron chi connectivity index (χ3n) is 5.51. The van der Waals surface area contributed by atoms with Gasteiger partial charge in [0.05, 0.1) is 12.1 Å². The lowest BCUT2D eigenvalue weighted by atomic mass is 9.97. The summed E-state index contributed by atoms with van der Waals surface area (Å²) in [4.78, 5) is 28.2. The second kappa shape index (κ2) is 8.81. The first-order valence-corrected chi connectivity index (χ1v) is 11.0. The molecule has 4 rings (SSSR count). The van der Waals surface area contributed by atoms with E-state index in [9.17, 15) is 9.59 Å². The molecule has 3 aromatic rings. The molecule has 3 aromatic carbocycles. The highest BCUT2D eigenvalue weighted by Gasteiger charge is 2.39. The molecule has 0 radical (unpaired) electrons. The minimum absolute atomic E-state index is 0.156. The zero-order chi connectivity index (χ0) is 23.0. The van der Waals surface area contributed by atoms with Crippen LogP contribution < -0.4 is 5.32 Å². The van der Waals surface area contributed by atoms with E-state index in [1.807, 2.05) is 63.2 Å². The Morgan fingerprint density at radius 2 is 1.53 bits per heavy atom. The van der Waals surface area contributed by atoms with Crippen LogP contribution in [0.25, 0.3) is 5.57 Å². The van der Waals surface area contributed by atoms with Crippen molar-refractivity contribution in [3.8, 4) is 0 Å². The summed E-state index contributed by atoms with van der Waals surface area (Å²) in [5.41, 5.74) is 5.74. The predicted octanol–water partition coefficient (Wildman–Crippen LogP) is 6.31. The molecule has 162 valence electrons. The summed E-state index contributed by atoms with van der Waals surface area (Å²) in [5, 5.41) is 4.35. The summed E-state index contributed by atoms with van der Waals surface area (Å²) < 4.78 is 0. The van der Waals surface area contributed by atoms with E-state index >= 15 is 0 Å². The Hall–Kier alpha value is -3.08. The molecular formula is C26H22Cl2N2O2. The minimum atomic E-state index is -0.378. The minimum Gasteiger partial charge on any atom is -0.350 e. The summed E-state index contributed by atoms with van der Waals surface area (Å²) in [6.07, 6.45) is 0. The molecule has 32 heavy (non-hydrogen) atoms. The van der Waals surface area contributed by atoms with Crippen molar-refractivity contribution in [3.63, 3.8) is 0 Å². The summed E-state index contributed by atoms with van der Waals surface area (Å²) in [6.45, 7) is 6.00. The topological polar surface area (TPSA) is 49.4 Å². The number of rotatable bonds is 5. The van der Waals surface area contributed by atoms with Gasteiger partial charge in [0.1, 0.15) is 5.70 Å². The van der Waals surface area contributed by atoms with Crippen LogP contribution in [0, 0.1) is 20.8 Å². The largest absolute Gasteiger partial charge is 0.350 e. The van der Waals surface area contributed by atoms with Crippen molar-refractivity contribution >= 4 is 46.3 Å². The molecule has 4 nitrogen and oxygen atoms in total. The molecule has 0 bridgehead atoms. The summed E-state index contributed by atoms with van der Waals surface area (Å²) in [7, 11) is 0. The molecule has 1 N–H and O–H groups in total. The Bertz CT molecular complexity index is 1260. The van der Waals surface area contributed by atoms with E-state index in [0.717, 1.165) is 27.8 Å². The van der Waals surface area contributed by atoms with Gasteiger partial charge in [-0.15, -0.1) is 0 Å². The van der Waals surface area contributed by atoms with Crippen molar-refractivity contribution in [1.29, 1.82) is 0 Å². The Morgan fingerprint density at radius 3 is 2.19 bits per heavy atom. The van der Waals surface area contributed by atoms with E-state index in [4.69, 9.17) is 23.2 Å². The second-order valence-electron chi connectivity index (χ2n) is 7.98. The second-order valence-corrected chi connectivity index (χ2v) is 8.82. The van der Waals surface area contributed by atoms with Crippen molar-refractivity contribution in [2.45, 2.75) is 27.3 Å². The highest BCUT2D eigenvalue weighted by Crippen LogP contribution is 2.34. The number of halogens is 2. The number of carbonyl (C=O) groups excluding carboxylic acids is 2. The molecule has 0 fully saturated rings. The van der Waals surface area contributed by atoms with Crippen LogP contribution in [0.2, 0.25) is 10.0 Å². The molecule has 0 atom stereocenters. The van der Waals surface area contributed by atoms with Gasteiger partial charge in [0, 0.05) is 15.7 Å². The van der Waals surface area contributed by atoms with Crippen LogP contribution >= 0.6 is 23.2 Å². The van der Waals surface area contributed by atoms with Gasteiger partial charge < -0.3 is 5.32 Å². The normalized spacial score (nSPS) is 13.8. The van der Waals surface area contributed by atoms with E-state index in [-0.39, 0.29) is 24.1 Å². The maximum absolute atomic E-state index is 13.5. The number of nitrogens with zero attached hydrogens (tertiary/aromatic N) is 1. The molecule has 0 saturated carbocycles. The number of carbonyl (C=O) groups is 2. The summed E-state index contributed by atoms with van der Waals surface area (Å²) >= 11 is 12.3. The SMILES string of the molecule is Cc1ccc(C2=C(Nc3ccc(C)c(Cl)c3)C(=O)N(Cc3ccc(Cl)cc3)C2=O)c(C)c1. The third-order valence-corrected chi connectivity index (χ3v) is 6.17. The number of nitrogens with one attached hydrogen (secondary N) is 1. The Morgan fingerprint density at radius 1 is 0.812 bits per heavy atom. The number of hydrogen-bond donors (Lipinski definition) is 1. The van der Waals surface area contributed by atoms with Crippen molar-refractivity contribution in [2.75, 3.05) is 5.32 Å². The van der Waals surface area contributed by atoms with Crippen LogP contribution in [-0.4, -0.2) is 16.7 Å². The van der Waals surface area contributed by atoms with Crippen molar-refractivity contribution in [3.05, 3.63) is 104 Å². The van der Waals surface area contributed by atoms with Crippen LogP contribution in [0.4, 0.5) is 5.69 Å². The van der Waals surface area contributed by atoms with E-state index < -0.39 is 0 Å². The number of amides is 2. The molecule has 0 aliphatic carbocycles. The van der Waals surface area contributed by atoms with E-state index in [2.05, 4.69) is 5.32 Å². The number of benzene rings is 3. The fraction of sp³-hybridized carbons (Fsp3) is 0.154. The molecule has 2 amide bonds. The molecule has 0 spiro atoms. The maximum Gasteiger partial charge on any atom is 0.278 e. The zero-order valence-electron chi connectivity index (χ0n) is 18.0. The van der Waals surface area contributed by atoms with Crippen LogP contribution in [0.5, 0.6) is 0 Å². The highest BCUT2D eigenvalue weighted by molar-refractivity contribution is 6.37. The van der Waals surface area contributed by atoms with E-state index in [1.54, 1.807) is 18.2 Å². The lowest BCUT2D eigenvalue weighted by Crippen LogP contribution is -2.32. The fourth-order valence-electron chi connectivity index (χ4n) is 3.77. The first-order valence-electron chi connectivity index (χ1n) is 10.2. The van der Waals surface area contributed by atoms with Gasteiger partial charge in [-0.1, -0.05) is 65.2 Å². The molecule has 1 aliphatic rings.